The molecule has 1 N–H and O–H groups in total. The first kappa shape index (κ1) is 17.0. The summed E-state index contributed by atoms with van der Waals surface area (Å²) in [5, 5.41) is 14.9. The number of rotatable bonds is 5. The second-order valence-electron chi connectivity index (χ2n) is 6.06. The largest absolute Gasteiger partial charge is 0.330 e. The summed E-state index contributed by atoms with van der Waals surface area (Å²) in [5.41, 5.74) is 4.35. The highest BCUT2D eigenvalue weighted by molar-refractivity contribution is 7.98. The molecule has 0 aliphatic heterocycles. The number of nitrogens with one attached hydrogen (secondary N) is 1. The van der Waals surface area contributed by atoms with E-state index in [2.05, 4.69) is 51.7 Å². The van der Waals surface area contributed by atoms with Crippen LogP contribution < -0.4 is 5.32 Å². The summed E-state index contributed by atoms with van der Waals surface area (Å²) in [7, 11) is 0. The van der Waals surface area contributed by atoms with E-state index in [-0.39, 0.29) is 0 Å². The van der Waals surface area contributed by atoms with E-state index >= 15 is 0 Å². The molecule has 0 saturated heterocycles. The van der Waals surface area contributed by atoms with Gasteiger partial charge < -0.3 is 5.32 Å². The minimum absolute atomic E-state index is 0.792. The maximum Gasteiger partial charge on any atom is 0.210 e. The molecule has 2 aromatic carbocycles. The number of benzene rings is 2. The van der Waals surface area contributed by atoms with Crippen LogP contribution in [0.2, 0.25) is 0 Å². The summed E-state index contributed by atoms with van der Waals surface area (Å²) < 4.78 is 0. The number of hydrogen-bond donors (Lipinski definition) is 1. The SMILES string of the molecule is Cc1ccc2nc(C)cc(SCc3nnc(Nc4ccccc4)s3)c2c1. The van der Waals surface area contributed by atoms with Gasteiger partial charge in [-0.25, -0.2) is 0 Å². The van der Waals surface area contributed by atoms with Crippen molar-refractivity contribution >= 4 is 44.8 Å². The van der Waals surface area contributed by atoms with E-state index in [1.165, 1.54) is 15.8 Å². The van der Waals surface area contributed by atoms with E-state index in [0.29, 0.717) is 0 Å². The highest BCUT2D eigenvalue weighted by Gasteiger charge is 2.09. The lowest BCUT2D eigenvalue weighted by molar-refractivity contribution is 1.04. The van der Waals surface area contributed by atoms with Crippen molar-refractivity contribution in [2.45, 2.75) is 24.5 Å². The summed E-state index contributed by atoms with van der Waals surface area (Å²) in [6.07, 6.45) is 0. The average Bonchev–Trinajstić information content (AvgIpc) is 3.08. The van der Waals surface area contributed by atoms with E-state index in [4.69, 9.17) is 0 Å². The Bertz CT molecular complexity index is 1040. The third kappa shape index (κ3) is 3.86. The molecule has 2 aromatic heterocycles. The summed E-state index contributed by atoms with van der Waals surface area (Å²) in [6, 6.07) is 18.6. The maximum atomic E-state index is 4.63. The second kappa shape index (κ2) is 7.43. The minimum atomic E-state index is 0.792. The van der Waals surface area contributed by atoms with Crippen molar-refractivity contribution in [2.24, 2.45) is 0 Å². The van der Waals surface area contributed by atoms with Crippen LogP contribution in [0.3, 0.4) is 0 Å². The van der Waals surface area contributed by atoms with Crippen LogP contribution in [0.4, 0.5) is 10.8 Å². The lowest BCUT2D eigenvalue weighted by Gasteiger charge is -2.07. The number of hydrogen-bond acceptors (Lipinski definition) is 6. The Balaban J connectivity index is 1.51. The van der Waals surface area contributed by atoms with Gasteiger partial charge in [0.05, 0.1) is 11.3 Å². The Kier molecular flexibility index (Phi) is 4.86. The van der Waals surface area contributed by atoms with Crippen LogP contribution in [0, 0.1) is 13.8 Å². The number of fused-ring (bicyclic) bond motifs is 1. The molecule has 26 heavy (non-hydrogen) atoms. The summed E-state index contributed by atoms with van der Waals surface area (Å²) in [5.74, 6) is 0.792. The Morgan fingerprint density at radius 1 is 1.00 bits per heavy atom. The predicted molar refractivity (Wildman–Crippen MR) is 110 cm³/mol. The van der Waals surface area contributed by atoms with Crippen molar-refractivity contribution in [3.8, 4) is 0 Å². The fourth-order valence-corrected chi connectivity index (χ4v) is 4.58. The Hall–Kier alpha value is -2.44. The molecule has 4 nitrogen and oxygen atoms in total. The zero-order valence-corrected chi connectivity index (χ0v) is 16.2. The second-order valence-corrected chi connectivity index (χ2v) is 8.14. The van der Waals surface area contributed by atoms with Gasteiger partial charge in [0.15, 0.2) is 0 Å². The maximum absolute atomic E-state index is 4.63. The molecule has 4 aromatic rings. The molecule has 0 fully saturated rings. The van der Waals surface area contributed by atoms with Gasteiger partial charge in [0, 0.05) is 21.7 Å². The molecule has 4 rings (SSSR count). The first-order valence-corrected chi connectivity index (χ1v) is 10.1. The topological polar surface area (TPSA) is 50.7 Å². The van der Waals surface area contributed by atoms with Crippen LogP contribution >= 0.6 is 23.1 Å². The highest BCUT2D eigenvalue weighted by Crippen LogP contribution is 2.32. The molecule has 0 aliphatic rings. The molecule has 130 valence electrons. The smallest absolute Gasteiger partial charge is 0.210 e. The van der Waals surface area contributed by atoms with Crippen molar-refractivity contribution in [2.75, 3.05) is 5.32 Å². The first-order chi connectivity index (χ1) is 12.7. The Morgan fingerprint density at radius 2 is 1.85 bits per heavy atom. The lowest BCUT2D eigenvalue weighted by atomic mass is 10.1. The van der Waals surface area contributed by atoms with Crippen LogP contribution in [-0.2, 0) is 5.75 Å². The first-order valence-electron chi connectivity index (χ1n) is 8.33. The summed E-state index contributed by atoms with van der Waals surface area (Å²) >= 11 is 3.38. The lowest BCUT2D eigenvalue weighted by Crippen LogP contribution is -1.88. The molecule has 0 unspecified atom stereocenters. The van der Waals surface area contributed by atoms with Crippen LogP contribution in [-0.4, -0.2) is 15.2 Å². The van der Waals surface area contributed by atoms with E-state index < -0.39 is 0 Å². The monoisotopic (exact) mass is 378 g/mol. The third-order valence-electron chi connectivity index (χ3n) is 3.90. The molecule has 0 amide bonds. The molecular weight excluding hydrogens is 360 g/mol. The molecule has 6 heteroatoms. The molecule has 0 atom stereocenters. The Morgan fingerprint density at radius 3 is 2.69 bits per heavy atom. The number of pyridine rings is 1. The van der Waals surface area contributed by atoms with Crippen molar-refractivity contribution in [1.29, 1.82) is 0 Å². The van der Waals surface area contributed by atoms with Crippen LogP contribution in [0.5, 0.6) is 0 Å². The predicted octanol–water partition coefficient (Wildman–Crippen LogP) is 5.74. The van der Waals surface area contributed by atoms with Gasteiger partial charge in [-0.3, -0.25) is 4.98 Å². The number of para-hydroxylation sites is 1. The number of aryl methyl sites for hydroxylation is 2. The fraction of sp³-hybridized carbons (Fsp3) is 0.150. The molecule has 0 saturated carbocycles. The third-order valence-corrected chi connectivity index (χ3v) is 5.99. The van der Waals surface area contributed by atoms with E-state index in [1.807, 2.05) is 37.3 Å². The van der Waals surface area contributed by atoms with Crippen LogP contribution in [0.15, 0.2) is 59.5 Å². The molecule has 2 heterocycles. The van der Waals surface area contributed by atoms with Gasteiger partial charge in [0.25, 0.3) is 0 Å². The average molecular weight is 379 g/mol. The van der Waals surface area contributed by atoms with E-state index in [1.54, 1.807) is 23.1 Å². The molecule has 0 spiro atoms. The van der Waals surface area contributed by atoms with Gasteiger partial charge >= 0.3 is 0 Å². The minimum Gasteiger partial charge on any atom is -0.330 e. The quantitative estimate of drug-likeness (QED) is 0.449. The highest BCUT2D eigenvalue weighted by atomic mass is 32.2. The molecule has 0 bridgehead atoms. The van der Waals surface area contributed by atoms with Crippen LogP contribution in [0.1, 0.15) is 16.3 Å². The molecule has 0 aliphatic carbocycles. The van der Waals surface area contributed by atoms with E-state index in [9.17, 15) is 0 Å². The van der Waals surface area contributed by atoms with Gasteiger partial charge in [-0.05, 0) is 44.2 Å². The number of nitrogens with zero attached hydrogens (tertiary/aromatic N) is 3. The summed E-state index contributed by atoms with van der Waals surface area (Å²) in [6.45, 7) is 4.15. The van der Waals surface area contributed by atoms with Crippen LogP contribution in [0.25, 0.3) is 10.9 Å². The number of thioether (sulfide) groups is 1. The zero-order valence-electron chi connectivity index (χ0n) is 14.6. The van der Waals surface area contributed by atoms with Gasteiger partial charge in [0.2, 0.25) is 5.13 Å². The zero-order chi connectivity index (χ0) is 17.9. The van der Waals surface area contributed by atoms with Gasteiger partial charge in [-0.2, -0.15) is 0 Å². The normalized spacial score (nSPS) is 11.0. The van der Waals surface area contributed by atoms with E-state index in [0.717, 1.165) is 32.8 Å². The standard InChI is InChI=1S/C20H18N4S2/c1-13-8-9-17-16(10-13)18(11-14(2)21-17)25-12-19-23-24-20(26-19)22-15-6-4-3-5-7-15/h3-11H,12H2,1-2H3,(H,22,24). The van der Waals surface area contributed by atoms with Crippen molar-refractivity contribution < 1.29 is 0 Å². The fourth-order valence-electron chi connectivity index (χ4n) is 2.70. The number of aromatic nitrogens is 3. The van der Waals surface area contributed by atoms with Crippen molar-refractivity contribution in [1.82, 2.24) is 15.2 Å². The Labute approximate surface area is 160 Å². The van der Waals surface area contributed by atoms with Crippen molar-refractivity contribution in [3.63, 3.8) is 0 Å². The van der Waals surface area contributed by atoms with Gasteiger partial charge in [-0.15, -0.1) is 22.0 Å². The summed E-state index contributed by atoms with van der Waals surface area (Å²) in [4.78, 5) is 5.87. The van der Waals surface area contributed by atoms with Crippen molar-refractivity contribution in [3.05, 3.63) is 70.9 Å². The molecular formula is C20H18N4S2. The van der Waals surface area contributed by atoms with Gasteiger partial charge in [-0.1, -0.05) is 41.2 Å². The van der Waals surface area contributed by atoms with Gasteiger partial charge in [0.1, 0.15) is 5.01 Å². The molecule has 0 radical (unpaired) electrons. The number of anilines is 2.